The highest BCUT2D eigenvalue weighted by atomic mass is 35.5. The summed E-state index contributed by atoms with van der Waals surface area (Å²) in [6.07, 6.45) is 1.77. The lowest BCUT2D eigenvalue weighted by molar-refractivity contribution is 0.0459. The van der Waals surface area contributed by atoms with Crippen LogP contribution in [0.15, 0.2) is 18.2 Å². The minimum Gasteiger partial charge on any atom is -0.494 e. The SMILES string of the molecule is COc1ccc(CNC2(CCl)CCOCC2)cc1F. The molecule has 1 aliphatic rings. The van der Waals surface area contributed by atoms with Crippen LogP contribution in [0.3, 0.4) is 0 Å². The topological polar surface area (TPSA) is 30.5 Å². The highest BCUT2D eigenvalue weighted by Gasteiger charge is 2.31. The summed E-state index contributed by atoms with van der Waals surface area (Å²) >= 11 is 6.07. The summed E-state index contributed by atoms with van der Waals surface area (Å²) in [5.74, 6) is 0.463. The van der Waals surface area contributed by atoms with Crippen molar-refractivity contribution in [1.29, 1.82) is 0 Å². The second-order valence-electron chi connectivity index (χ2n) is 4.85. The van der Waals surface area contributed by atoms with Crippen molar-refractivity contribution in [1.82, 2.24) is 5.32 Å². The summed E-state index contributed by atoms with van der Waals surface area (Å²) in [5, 5.41) is 3.45. The lowest BCUT2D eigenvalue weighted by Crippen LogP contribution is -2.50. The number of hydrogen-bond acceptors (Lipinski definition) is 3. The van der Waals surface area contributed by atoms with Crippen LogP contribution in [0.5, 0.6) is 5.75 Å². The van der Waals surface area contributed by atoms with Crippen LogP contribution in [0.1, 0.15) is 18.4 Å². The number of ether oxygens (including phenoxy) is 2. The van der Waals surface area contributed by atoms with E-state index in [0.29, 0.717) is 12.4 Å². The molecule has 1 aromatic carbocycles. The summed E-state index contributed by atoms with van der Waals surface area (Å²) in [6.45, 7) is 2.03. The van der Waals surface area contributed by atoms with E-state index in [0.717, 1.165) is 31.6 Å². The number of benzene rings is 1. The van der Waals surface area contributed by atoms with Crippen molar-refractivity contribution in [3.63, 3.8) is 0 Å². The first kappa shape index (κ1) is 14.6. The minimum absolute atomic E-state index is 0.101. The van der Waals surface area contributed by atoms with Crippen LogP contribution in [-0.4, -0.2) is 31.7 Å². The third-order valence-electron chi connectivity index (χ3n) is 3.59. The Hall–Kier alpha value is -0.840. The molecule has 1 N–H and O–H groups in total. The molecule has 1 aliphatic heterocycles. The van der Waals surface area contributed by atoms with Crippen LogP contribution in [0.2, 0.25) is 0 Å². The molecule has 0 spiro atoms. The molecule has 19 heavy (non-hydrogen) atoms. The standard InChI is InChI=1S/C14H19ClFNO2/c1-18-13-3-2-11(8-12(13)16)9-17-14(10-15)4-6-19-7-5-14/h2-3,8,17H,4-7,9-10H2,1H3. The average Bonchev–Trinajstić information content (AvgIpc) is 2.46. The van der Waals surface area contributed by atoms with Crippen molar-refractivity contribution in [2.24, 2.45) is 0 Å². The molecule has 0 amide bonds. The predicted molar refractivity (Wildman–Crippen MR) is 73.3 cm³/mol. The van der Waals surface area contributed by atoms with Gasteiger partial charge in [-0.2, -0.15) is 0 Å². The van der Waals surface area contributed by atoms with E-state index in [9.17, 15) is 4.39 Å². The van der Waals surface area contributed by atoms with Crippen LogP contribution < -0.4 is 10.1 Å². The van der Waals surface area contributed by atoms with Crippen LogP contribution in [0.25, 0.3) is 0 Å². The normalized spacial score (nSPS) is 18.3. The Kier molecular flexibility index (Phi) is 5.02. The Morgan fingerprint density at radius 1 is 1.42 bits per heavy atom. The molecular formula is C14H19ClFNO2. The van der Waals surface area contributed by atoms with E-state index in [1.54, 1.807) is 6.07 Å². The van der Waals surface area contributed by atoms with Gasteiger partial charge >= 0.3 is 0 Å². The first-order valence-corrected chi connectivity index (χ1v) is 6.94. The van der Waals surface area contributed by atoms with Crippen LogP contribution in [0, 0.1) is 5.82 Å². The fourth-order valence-corrected chi connectivity index (χ4v) is 2.59. The smallest absolute Gasteiger partial charge is 0.165 e. The van der Waals surface area contributed by atoms with Crippen LogP contribution in [0.4, 0.5) is 4.39 Å². The molecule has 106 valence electrons. The van der Waals surface area contributed by atoms with Gasteiger partial charge in [-0.05, 0) is 30.5 Å². The summed E-state index contributed by atoms with van der Waals surface area (Å²) in [6, 6.07) is 4.99. The van der Waals surface area contributed by atoms with Gasteiger partial charge in [0.2, 0.25) is 0 Å². The van der Waals surface area contributed by atoms with Gasteiger partial charge in [-0.1, -0.05) is 6.07 Å². The number of nitrogens with one attached hydrogen (secondary N) is 1. The third-order valence-corrected chi connectivity index (χ3v) is 4.10. The van der Waals surface area contributed by atoms with Gasteiger partial charge in [0.15, 0.2) is 11.6 Å². The van der Waals surface area contributed by atoms with E-state index in [4.69, 9.17) is 21.1 Å². The van der Waals surface area contributed by atoms with E-state index in [2.05, 4.69) is 5.32 Å². The zero-order valence-electron chi connectivity index (χ0n) is 11.0. The zero-order chi connectivity index (χ0) is 13.7. The lowest BCUT2D eigenvalue weighted by Gasteiger charge is -2.36. The van der Waals surface area contributed by atoms with Crippen molar-refractivity contribution < 1.29 is 13.9 Å². The Balaban J connectivity index is 1.99. The van der Waals surface area contributed by atoms with E-state index in [-0.39, 0.29) is 17.1 Å². The molecule has 1 heterocycles. The molecule has 1 aromatic rings. The monoisotopic (exact) mass is 287 g/mol. The van der Waals surface area contributed by atoms with Gasteiger partial charge in [-0.25, -0.2) is 4.39 Å². The summed E-state index contributed by atoms with van der Waals surface area (Å²) in [7, 11) is 1.46. The van der Waals surface area contributed by atoms with E-state index in [1.807, 2.05) is 6.07 Å². The molecule has 5 heteroatoms. The van der Waals surface area contributed by atoms with Crippen molar-refractivity contribution in [2.45, 2.75) is 24.9 Å². The Labute approximate surface area is 118 Å². The highest BCUT2D eigenvalue weighted by Crippen LogP contribution is 2.24. The second-order valence-corrected chi connectivity index (χ2v) is 5.12. The Morgan fingerprint density at radius 3 is 2.74 bits per heavy atom. The first-order valence-electron chi connectivity index (χ1n) is 6.40. The summed E-state index contributed by atoms with van der Waals surface area (Å²) in [4.78, 5) is 0. The molecule has 0 aliphatic carbocycles. The number of halogens is 2. The van der Waals surface area contributed by atoms with E-state index in [1.165, 1.54) is 13.2 Å². The molecular weight excluding hydrogens is 269 g/mol. The van der Waals surface area contributed by atoms with Gasteiger partial charge in [-0.15, -0.1) is 11.6 Å². The first-order chi connectivity index (χ1) is 9.19. The summed E-state index contributed by atoms with van der Waals surface area (Å²) in [5.41, 5.74) is 0.783. The fourth-order valence-electron chi connectivity index (χ4n) is 2.23. The van der Waals surface area contributed by atoms with Crippen LogP contribution >= 0.6 is 11.6 Å². The van der Waals surface area contributed by atoms with Gasteiger partial charge in [0.05, 0.1) is 7.11 Å². The van der Waals surface area contributed by atoms with E-state index >= 15 is 0 Å². The van der Waals surface area contributed by atoms with Crippen molar-refractivity contribution >= 4 is 11.6 Å². The maximum absolute atomic E-state index is 13.6. The van der Waals surface area contributed by atoms with Crippen LogP contribution in [-0.2, 0) is 11.3 Å². The molecule has 0 aromatic heterocycles. The lowest BCUT2D eigenvalue weighted by atomic mass is 9.92. The Morgan fingerprint density at radius 2 is 2.16 bits per heavy atom. The number of alkyl halides is 1. The number of methoxy groups -OCH3 is 1. The molecule has 0 radical (unpaired) electrons. The Bertz CT molecular complexity index is 422. The maximum Gasteiger partial charge on any atom is 0.165 e. The predicted octanol–water partition coefficient (Wildman–Crippen LogP) is 2.71. The average molecular weight is 288 g/mol. The molecule has 3 nitrogen and oxygen atoms in total. The quantitative estimate of drug-likeness (QED) is 0.845. The molecule has 2 rings (SSSR count). The molecule has 0 bridgehead atoms. The molecule has 0 unspecified atom stereocenters. The van der Waals surface area contributed by atoms with E-state index < -0.39 is 0 Å². The zero-order valence-corrected chi connectivity index (χ0v) is 11.8. The highest BCUT2D eigenvalue weighted by molar-refractivity contribution is 6.18. The largest absolute Gasteiger partial charge is 0.494 e. The molecule has 0 atom stereocenters. The molecule has 0 saturated carbocycles. The van der Waals surface area contributed by atoms with Gasteiger partial charge in [0.1, 0.15) is 0 Å². The van der Waals surface area contributed by atoms with Gasteiger partial charge < -0.3 is 14.8 Å². The number of rotatable bonds is 5. The van der Waals surface area contributed by atoms with Crippen molar-refractivity contribution in [3.05, 3.63) is 29.6 Å². The second kappa shape index (κ2) is 6.55. The molecule has 1 saturated heterocycles. The maximum atomic E-state index is 13.6. The van der Waals surface area contributed by atoms with Gasteiger partial charge in [0.25, 0.3) is 0 Å². The van der Waals surface area contributed by atoms with Gasteiger partial charge in [-0.3, -0.25) is 0 Å². The third kappa shape index (κ3) is 3.59. The minimum atomic E-state index is -0.339. The van der Waals surface area contributed by atoms with Crippen molar-refractivity contribution in [2.75, 3.05) is 26.2 Å². The molecule has 1 fully saturated rings. The number of hydrogen-bond donors (Lipinski definition) is 1. The summed E-state index contributed by atoms with van der Waals surface area (Å²) < 4.78 is 23.8. The van der Waals surface area contributed by atoms with Gasteiger partial charge in [0, 0.05) is 31.2 Å². The fraction of sp³-hybridized carbons (Fsp3) is 0.571. The van der Waals surface area contributed by atoms with Crippen molar-refractivity contribution in [3.8, 4) is 5.75 Å².